The van der Waals surface area contributed by atoms with Gasteiger partial charge in [0, 0.05) is 24.0 Å². The number of nitrogens with zero attached hydrogens (tertiary/aromatic N) is 2. The lowest BCUT2D eigenvalue weighted by Crippen LogP contribution is -2.53. The van der Waals surface area contributed by atoms with E-state index < -0.39 is 28.5 Å². The molecule has 0 aliphatic heterocycles. The fraction of sp³-hybridized carbons (Fsp3) is 0.278. The molecular weight excluding hydrogens is 666 g/mol. The fourth-order valence-electron chi connectivity index (χ4n) is 4.98. The summed E-state index contributed by atoms with van der Waals surface area (Å²) < 4.78 is 35.7. The summed E-state index contributed by atoms with van der Waals surface area (Å²) in [7, 11) is -4.20. The molecule has 8 nitrogen and oxygen atoms in total. The molecule has 1 atom stereocenters. The molecule has 0 spiro atoms. The third-order valence-corrected chi connectivity index (χ3v) is 9.73. The molecule has 10 heteroatoms. The van der Waals surface area contributed by atoms with Gasteiger partial charge in [-0.2, -0.15) is 0 Å². The lowest BCUT2D eigenvalue weighted by molar-refractivity contribution is -0.140. The first-order valence-corrected chi connectivity index (χ1v) is 17.6. The molecule has 4 rings (SSSR count). The van der Waals surface area contributed by atoms with E-state index in [1.807, 2.05) is 74.5 Å². The maximum absolute atomic E-state index is 14.5. The molecule has 0 aliphatic rings. The van der Waals surface area contributed by atoms with Crippen molar-refractivity contribution in [1.29, 1.82) is 0 Å². The van der Waals surface area contributed by atoms with Crippen LogP contribution in [0.1, 0.15) is 37.8 Å². The first kappa shape index (κ1) is 34.7. The monoisotopic (exact) mass is 705 g/mol. The molecule has 242 valence electrons. The van der Waals surface area contributed by atoms with Crippen LogP contribution in [0.25, 0.3) is 0 Å². The van der Waals surface area contributed by atoms with Gasteiger partial charge in [-0.25, -0.2) is 8.42 Å². The Hall–Kier alpha value is -4.15. The number of nitrogens with one attached hydrogen (secondary N) is 1. The average Bonchev–Trinajstić information content (AvgIpc) is 3.07. The van der Waals surface area contributed by atoms with E-state index in [9.17, 15) is 18.0 Å². The van der Waals surface area contributed by atoms with Crippen molar-refractivity contribution in [3.8, 4) is 5.75 Å². The van der Waals surface area contributed by atoms with E-state index in [2.05, 4.69) is 21.2 Å². The van der Waals surface area contributed by atoms with Gasteiger partial charge in [-0.15, -0.1) is 0 Å². The summed E-state index contributed by atoms with van der Waals surface area (Å²) in [6.45, 7) is 4.43. The molecule has 0 fully saturated rings. The van der Waals surface area contributed by atoms with Gasteiger partial charge in [-0.1, -0.05) is 89.9 Å². The van der Waals surface area contributed by atoms with E-state index in [0.717, 1.165) is 32.7 Å². The fourth-order valence-corrected chi connectivity index (χ4v) is 6.66. The van der Waals surface area contributed by atoms with Crippen LogP contribution in [-0.2, 0) is 32.6 Å². The van der Waals surface area contributed by atoms with Crippen molar-refractivity contribution in [2.45, 2.75) is 50.6 Å². The lowest BCUT2D eigenvalue weighted by Gasteiger charge is -2.34. The van der Waals surface area contributed by atoms with Gasteiger partial charge in [0.15, 0.2) is 0 Å². The number of carbonyl (C=O) groups is 2. The number of carbonyl (C=O) groups excluding carboxylic acids is 2. The number of hydrogen-bond acceptors (Lipinski definition) is 5. The van der Waals surface area contributed by atoms with Crippen LogP contribution in [0.15, 0.2) is 119 Å². The van der Waals surface area contributed by atoms with Crippen molar-refractivity contribution in [2.75, 3.05) is 24.0 Å². The number of sulfonamides is 1. The zero-order chi connectivity index (χ0) is 32.9. The van der Waals surface area contributed by atoms with E-state index in [4.69, 9.17) is 4.74 Å². The number of ether oxygens (including phenoxy) is 1. The van der Waals surface area contributed by atoms with Gasteiger partial charge >= 0.3 is 0 Å². The minimum absolute atomic E-state index is 0.0325. The Kier molecular flexibility index (Phi) is 12.8. The second-order valence-corrected chi connectivity index (χ2v) is 13.5. The van der Waals surface area contributed by atoms with Crippen LogP contribution < -0.4 is 14.4 Å². The summed E-state index contributed by atoms with van der Waals surface area (Å²) in [6, 6.07) is 30.9. The third kappa shape index (κ3) is 9.43. The Bertz CT molecular complexity index is 1650. The summed E-state index contributed by atoms with van der Waals surface area (Å²) in [6.07, 6.45) is 1.97. The number of rotatable bonds is 16. The van der Waals surface area contributed by atoms with Crippen LogP contribution in [-0.4, -0.2) is 50.9 Å². The van der Waals surface area contributed by atoms with Crippen LogP contribution in [0.2, 0.25) is 0 Å². The molecule has 1 unspecified atom stereocenters. The third-order valence-electron chi connectivity index (χ3n) is 7.41. The second-order valence-electron chi connectivity index (χ2n) is 10.7. The van der Waals surface area contributed by atoms with E-state index in [1.165, 1.54) is 17.0 Å². The minimum atomic E-state index is -4.20. The Labute approximate surface area is 280 Å². The van der Waals surface area contributed by atoms with Gasteiger partial charge in [-0.05, 0) is 73.0 Å². The van der Waals surface area contributed by atoms with E-state index in [0.29, 0.717) is 24.6 Å². The van der Waals surface area contributed by atoms with Crippen LogP contribution in [0.5, 0.6) is 5.75 Å². The maximum Gasteiger partial charge on any atom is 0.264 e. The normalized spacial score (nSPS) is 11.8. The number of hydrogen-bond donors (Lipinski definition) is 1. The van der Waals surface area contributed by atoms with Crippen molar-refractivity contribution in [3.05, 3.63) is 125 Å². The number of unbranched alkanes of at least 4 members (excludes halogenated alkanes) is 1. The Morgan fingerprint density at radius 2 is 1.43 bits per heavy atom. The van der Waals surface area contributed by atoms with Crippen LogP contribution in [0, 0.1) is 0 Å². The predicted molar refractivity (Wildman–Crippen MR) is 185 cm³/mol. The van der Waals surface area contributed by atoms with Crippen LogP contribution >= 0.6 is 15.9 Å². The first-order chi connectivity index (χ1) is 22.2. The quantitative estimate of drug-likeness (QED) is 0.133. The van der Waals surface area contributed by atoms with Gasteiger partial charge in [0.25, 0.3) is 10.0 Å². The number of amides is 2. The molecule has 0 radical (unpaired) electrons. The minimum Gasteiger partial charge on any atom is -0.494 e. The SMILES string of the molecule is CCCCNC(=O)C(Cc1ccccc1)N(Cc1ccccc1)C(=O)CN(c1ccc(OCC)cc1)S(=O)(=O)c1ccc(Br)cc1. The van der Waals surface area contributed by atoms with Gasteiger partial charge in [0.2, 0.25) is 11.8 Å². The molecule has 0 aliphatic carbocycles. The zero-order valence-electron chi connectivity index (χ0n) is 26.1. The first-order valence-electron chi connectivity index (χ1n) is 15.4. The van der Waals surface area contributed by atoms with Gasteiger partial charge < -0.3 is 15.0 Å². The molecule has 0 heterocycles. The molecule has 2 amide bonds. The maximum atomic E-state index is 14.5. The largest absolute Gasteiger partial charge is 0.494 e. The molecule has 0 bridgehead atoms. The molecule has 46 heavy (non-hydrogen) atoms. The summed E-state index contributed by atoms with van der Waals surface area (Å²) in [4.78, 5) is 29.8. The van der Waals surface area contributed by atoms with Crippen molar-refractivity contribution in [1.82, 2.24) is 10.2 Å². The van der Waals surface area contributed by atoms with Crippen LogP contribution in [0.3, 0.4) is 0 Å². The molecular formula is C36H40BrN3O5S. The predicted octanol–water partition coefficient (Wildman–Crippen LogP) is 6.60. The molecule has 4 aromatic rings. The summed E-state index contributed by atoms with van der Waals surface area (Å²) >= 11 is 3.37. The van der Waals surface area contributed by atoms with Gasteiger partial charge in [0.05, 0.1) is 17.2 Å². The molecule has 0 saturated heterocycles. The number of benzene rings is 4. The molecule has 0 saturated carbocycles. The summed E-state index contributed by atoms with van der Waals surface area (Å²) in [5, 5.41) is 3.01. The highest BCUT2D eigenvalue weighted by molar-refractivity contribution is 9.10. The lowest BCUT2D eigenvalue weighted by atomic mass is 10.0. The van der Waals surface area contributed by atoms with Crippen molar-refractivity contribution in [3.63, 3.8) is 0 Å². The van der Waals surface area contributed by atoms with Crippen molar-refractivity contribution in [2.24, 2.45) is 0 Å². The summed E-state index contributed by atoms with van der Waals surface area (Å²) in [5.41, 5.74) is 2.00. The van der Waals surface area contributed by atoms with Crippen LogP contribution in [0.4, 0.5) is 5.69 Å². The second kappa shape index (κ2) is 17.0. The Morgan fingerprint density at radius 1 is 0.826 bits per heavy atom. The number of anilines is 1. The highest BCUT2D eigenvalue weighted by atomic mass is 79.9. The van der Waals surface area contributed by atoms with E-state index in [-0.39, 0.29) is 23.8 Å². The van der Waals surface area contributed by atoms with E-state index >= 15 is 0 Å². The molecule has 1 N–H and O–H groups in total. The summed E-state index contributed by atoms with van der Waals surface area (Å²) in [5.74, 6) is -0.217. The van der Waals surface area contributed by atoms with Gasteiger partial charge in [-0.3, -0.25) is 13.9 Å². The Morgan fingerprint density at radius 3 is 2.02 bits per heavy atom. The van der Waals surface area contributed by atoms with Crippen molar-refractivity contribution < 1.29 is 22.7 Å². The molecule has 4 aromatic carbocycles. The molecule has 0 aromatic heterocycles. The smallest absolute Gasteiger partial charge is 0.264 e. The highest BCUT2D eigenvalue weighted by Gasteiger charge is 2.34. The zero-order valence-corrected chi connectivity index (χ0v) is 28.5. The standard InChI is InChI=1S/C36H40BrN3O5S/c1-3-5-24-38-36(42)34(25-28-12-8-6-9-13-28)39(26-29-14-10-7-11-15-29)35(41)27-40(31-18-20-32(21-19-31)45-4-2)46(43,44)33-22-16-30(37)17-23-33/h6-23,34H,3-5,24-27H2,1-2H3,(H,38,42). The highest BCUT2D eigenvalue weighted by Crippen LogP contribution is 2.28. The number of halogens is 1. The van der Waals surface area contributed by atoms with E-state index in [1.54, 1.807) is 36.4 Å². The Balaban J connectivity index is 1.77. The average molecular weight is 707 g/mol. The van der Waals surface area contributed by atoms with Crippen molar-refractivity contribution >= 4 is 43.5 Å². The van der Waals surface area contributed by atoms with Gasteiger partial charge in [0.1, 0.15) is 18.3 Å². The topological polar surface area (TPSA) is 96.0 Å².